The van der Waals surface area contributed by atoms with Gasteiger partial charge in [-0.3, -0.25) is 0 Å². The first-order valence-corrected chi connectivity index (χ1v) is 7.71. The summed E-state index contributed by atoms with van der Waals surface area (Å²) in [6.07, 6.45) is 1.66. The van der Waals surface area contributed by atoms with E-state index in [4.69, 9.17) is 4.74 Å². The van der Waals surface area contributed by atoms with Gasteiger partial charge in [0.1, 0.15) is 18.5 Å². The Kier molecular flexibility index (Phi) is 7.63. The van der Waals surface area contributed by atoms with Crippen LogP contribution < -0.4 is 10.1 Å². The van der Waals surface area contributed by atoms with E-state index in [1.165, 1.54) is 5.56 Å². The maximum absolute atomic E-state index is 9.95. The van der Waals surface area contributed by atoms with Gasteiger partial charge in [0.05, 0.1) is 0 Å². The molecule has 0 saturated heterocycles. The third-order valence-electron chi connectivity index (χ3n) is 3.81. The van der Waals surface area contributed by atoms with E-state index in [2.05, 4.69) is 39.1 Å². The Labute approximate surface area is 123 Å². The molecule has 0 radical (unpaired) electrons. The van der Waals surface area contributed by atoms with Crippen LogP contribution in [0.1, 0.15) is 52.0 Å². The predicted octanol–water partition coefficient (Wildman–Crippen LogP) is 3.33. The van der Waals surface area contributed by atoms with Crippen LogP contribution in [0.4, 0.5) is 0 Å². The summed E-state index contributed by atoms with van der Waals surface area (Å²) < 4.78 is 5.80. The molecule has 2 N–H and O–H groups in total. The number of aliphatic hydroxyl groups is 1. The van der Waals surface area contributed by atoms with Crippen molar-refractivity contribution in [3.8, 4) is 5.75 Å². The first-order chi connectivity index (χ1) is 9.58. The van der Waals surface area contributed by atoms with Gasteiger partial charge in [-0.25, -0.2) is 0 Å². The molecule has 114 valence electrons. The first-order valence-electron chi connectivity index (χ1n) is 7.71. The van der Waals surface area contributed by atoms with Crippen LogP contribution >= 0.6 is 0 Å². The minimum atomic E-state index is -0.478. The smallest absolute Gasteiger partial charge is 0.122 e. The van der Waals surface area contributed by atoms with E-state index in [0.29, 0.717) is 25.1 Å². The van der Waals surface area contributed by atoms with Gasteiger partial charge in [0.15, 0.2) is 0 Å². The lowest BCUT2D eigenvalue weighted by atomic mass is 9.98. The minimum Gasteiger partial charge on any atom is -0.491 e. The summed E-state index contributed by atoms with van der Waals surface area (Å²) in [4.78, 5) is 0. The summed E-state index contributed by atoms with van der Waals surface area (Å²) in [5, 5.41) is 13.2. The molecule has 0 aliphatic rings. The molecule has 20 heavy (non-hydrogen) atoms. The topological polar surface area (TPSA) is 41.5 Å². The molecule has 0 aliphatic carbocycles. The zero-order chi connectivity index (χ0) is 15.0. The average Bonchev–Trinajstić information content (AvgIpc) is 2.49. The maximum Gasteiger partial charge on any atom is 0.122 e. The Hall–Kier alpha value is -1.06. The van der Waals surface area contributed by atoms with Gasteiger partial charge in [0.2, 0.25) is 0 Å². The number of para-hydroxylation sites is 1. The van der Waals surface area contributed by atoms with Crippen molar-refractivity contribution in [2.24, 2.45) is 0 Å². The second kappa shape index (κ2) is 8.98. The molecule has 0 heterocycles. The number of ether oxygens (including phenoxy) is 1. The lowest BCUT2D eigenvalue weighted by Crippen LogP contribution is -2.36. The van der Waals surface area contributed by atoms with E-state index in [1.807, 2.05) is 18.2 Å². The fourth-order valence-corrected chi connectivity index (χ4v) is 1.97. The molecular formula is C17H29NO2. The molecule has 0 unspecified atom stereocenters. The maximum atomic E-state index is 9.95. The van der Waals surface area contributed by atoms with Crippen molar-refractivity contribution < 1.29 is 9.84 Å². The third-order valence-corrected chi connectivity index (χ3v) is 3.81. The number of aliphatic hydroxyl groups excluding tert-OH is 1. The number of benzene rings is 1. The Bertz CT molecular complexity index is 381. The van der Waals surface area contributed by atoms with Crippen molar-refractivity contribution in [3.05, 3.63) is 29.8 Å². The SMILES string of the molecule is CC[C@@H](C)c1ccccc1OC[C@@H](O)CN[C@@H](C)CC. The molecule has 0 saturated carbocycles. The molecule has 0 fully saturated rings. The Morgan fingerprint density at radius 3 is 2.50 bits per heavy atom. The van der Waals surface area contributed by atoms with Gasteiger partial charge >= 0.3 is 0 Å². The van der Waals surface area contributed by atoms with E-state index in [0.717, 1.165) is 18.6 Å². The van der Waals surface area contributed by atoms with Crippen molar-refractivity contribution in [1.82, 2.24) is 5.32 Å². The molecule has 0 bridgehead atoms. The van der Waals surface area contributed by atoms with Crippen molar-refractivity contribution in [2.45, 2.75) is 58.6 Å². The largest absolute Gasteiger partial charge is 0.491 e. The highest BCUT2D eigenvalue weighted by Gasteiger charge is 2.12. The van der Waals surface area contributed by atoms with Gasteiger partial charge in [-0.15, -0.1) is 0 Å². The molecule has 0 aliphatic heterocycles. The molecule has 0 aromatic heterocycles. The van der Waals surface area contributed by atoms with Crippen molar-refractivity contribution in [3.63, 3.8) is 0 Å². The molecular weight excluding hydrogens is 250 g/mol. The quantitative estimate of drug-likeness (QED) is 0.728. The van der Waals surface area contributed by atoms with Gasteiger partial charge in [0, 0.05) is 12.6 Å². The van der Waals surface area contributed by atoms with E-state index >= 15 is 0 Å². The van der Waals surface area contributed by atoms with Crippen molar-refractivity contribution in [2.75, 3.05) is 13.2 Å². The first kappa shape index (κ1) is 17.0. The highest BCUT2D eigenvalue weighted by Crippen LogP contribution is 2.28. The normalized spacial score (nSPS) is 15.7. The van der Waals surface area contributed by atoms with Crippen LogP contribution in [-0.2, 0) is 0 Å². The van der Waals surface area contributed by atoms with Gasteiger partial charge < -0.3 is 15.2 Å². The van der Waals surface area contributed by atoms with Gasteiger partial charge in [-0.2, -0.15) is 0 Å². The summed E-state index contributed by atoms with van der Waals surface area (Å²) in [5.41, 5.74) is 1.22. The molecule has 1 rings (SSSR count). The van der Waals surface area contributed by atoms with Crippen LogP contribution in [0.2, 0.25) is 0 Å². The summed E-state index contributed by atoms with van der Waals surface area (Å²) in [7, 11) is 0. The number of nitrogens with one attached hydrogen (secondary N) is 1. The average molecular weight is 279 g/mol. The number of rotatable bonds is 9. The lowest BCUT2D eigenvalue weighted by molar-refractivity contribution is 0.103. The fraction of sp³-hybridized carbons (Fsp3) is 0.647. The van der Waals surface area contributed by atoms with Crippen molar-refractivity contribution in [1.29, 1.82) is 0 Å². The van der Waals surface area contributed by atoms with Gasteiger partial charge in [-0.1, -0.05) is 39.0 Å². The number of hydrogen-bond donors (Lipinski definition) is 2. The van der Waals surface area contributed by atoms with Gasteiger partial charge in [0.25, 0.3) is 0 Å². The van der Waals surface area contributed by atoms with Crippen LogP contribution in [0.15, 0.2) is 24.3 Å². The Morgan fingerprint density at radius 1 is 1.15 bits per heavy atom. The van der Waals surface area contributed by atoms with E-state index in [-0.39, 0.29) is 0 Å². The Balaban J connectivity index is 2.49. The van der Waals surface area contributed by atoms with Crippen LogP contribution in [0.3, 0.4) is 0 Å². The van der Waals surface area contributed by atoms with Crippen LogP contribution in [-0.4, -0.2) is 30.4 Å². The summed E-state index contributed by atoms with van der Waals surface area (Å²) in [6, 6.07) is 8.53. The molecule has 0 amide bonds. The highest BCUT2D eigenvalue weighted by molar-refractivity contribution is 5.35. The van der Waals surface area contributed by atoms with Crippen LogP contribution in [0.25, 0.3) is 0 Å². The monoisotopic (exact) mass is 279 g/mol. The fourth-order valence-electron chi connectivity index (χ4n) is 1.97. The zero-order valence-electron chi connectivity index (χ0n) is 13.2. The third kappa shape index (κ3) is 5.51. The molecule has 1 aromatic rings. The predicted molar refractivity (Wildman–Crippen MR) is 84.4 cm³/mol. The summed E-state index contributed by atoms with van der Waals surface area (Å²) in [6.45, 7) is 9.52. The van der Waals surface area contributed by atoms with Crippen LogP contribution in [0.5, 0.6) is 5.75 Å². The second-order valence-electron chi connectivity index (χ2n) is 5.53. The molecule has 0 spiro atoms. The summed E-state index contributed by atoms with van der Waals surface area (Å²) >= 11 is 0. The number of hydrogen-bond acceptors (Lipinski definition) is 3. The summed E-state index contributed by atoms with van der Waals surface area (Å²) in [5.74, 6) is 1.37. The Morgan fingerprint density at radius 2 is 1.85 bits per heavy atom. The zero-order valence-corrected chi connectivity index (χ0v) is 13.2. The second-order valence-corrected chi connectivity index (χ2v) is 5.53. The highest BCUT2D eigenvalue weighted by atomic mass is 16.5. The van der Waals surface area contributed by atoms with Crippen molar-refractivity contribution >= 4 is 0 Å². The molecule has 1 aromatic carbocycles. The molecule has 3 nitrogen and oxygen atoms in total. The van der Waals surface area contributed by atoms with Gasteiger partial charge in [-0.05, 0) is 37.3 Å². The van der Waals surface area contributed by atoms with E-state index < -0.39 is 6.10 Å². The standard InChI is InChI=1S/C17H29NO2/c1-5-13(3)16-9-7-8-10-17(16)20-12-15(19)11-18-14(4)6-2/h7-10,13-15,18-19H,5-6,11-12H2,1-4H3/t13-,14+,15+/m1/s1. The van der Waals surface area contributed by atoms with Crippen LogP contribution in [0, 0.1) is 0 Å². The lowest BCUT2D eigenvalue weighted by Gasteiger charge is -2.19. The minimum absolute atomic E-state index is 0.330. The molecule has 3 atom stereocenters. The van der Waals surface area contributed by atoms with E-state index in [1.54, 1.807) is 0 Å². The van der Waals surface area contributed by atoms with E-state index in [9.17, 15) is 5.11 Å². The molecule has 3 heteroatoms.